The number of amides is 2. The summed E-state index contributed by atoms with van der Waals surface area (Å²) >= 11 is 2.59. The highest BCUT2D eigenvalue weighted by Gasteiger charge is 2.12. The van der Waals surface area contributed by atoms with E-state index >= 15 is 0 Å². The van der Waals surface area contributed by atoms with E-state index < -0.39 is 5.82 Å². The smallest absolute Gasteiger partial charge is 0.267 e. The highest BCUT2D eigenvalue weighted by Crippen LogP contribution is 2.19. The fourth-order valence-electron chi connectivity index (χ4n) is 1.95. The van der Waals surface area contributed by atoms with Crippen molar-refractivity contribution in [2.24, 2.45) is 0 Å². The number of hydrogen-bond donors (Lipinski definition) is 2. The zero-order valence-electron chi connectivity index (χ0n) is 12.3. The van der Waals surface area contributed by atoms with E-state index in [1.54, 1.807) is 23.6 Å². The Balaban J connectivity index is 1.57. The first-order valence-corrected chi connectivity index (χ1v) is 8.71. The lowest BCUT2D eigenvalue weighted by atomic mass is 10.3. The number of halogens is 1. The molecule has 122 valence electrons. The van der Waals surface area contributed by atoms with Gasteiger partial charge in [-0.15, -0.1) is 22.7 Å². The van der Waals surface area contributed by atoms with Gasteiger partial charge in [-0.3, -0.25) is 14.9 Å². The summed E-state index contributed by atoms with van der Waals surface area (Å²) in [6.45, 7) is 0. The standard InChI is InChI=1S/C16H12FN3O2S2/c17-10-3-1-4-11(7-10)18-14(21)8-12-9-24-16(19-12)20-15(22)13-5-2-6-23-13/h1-7,9H,8H2,(H,18,21)(H,19,20,22). The number of nitrogens with one attached hydrogen (secondary N) is 2. The summed E-state index contributed by atoms with van der Waals surface area (Å²) in [6, 6.07) is 9.19. The monoisotopic (exact) mass is 361 g/mol. The summed E-state index contributed by atoms with van der Waals surface area (Å²) in [5.41, 5.74) is 0.928. The van der Waals surface area contributed by atoms with Gasteiger partial charge >= 0.3 is 0 Å². The van der Waals surface area contributed by atoms with Gasteiger partial charge in [0.25, 0.3) is 5.91 Å². The van der Waals surface area contributed by atoms with Gasteiger partial charge in [-0.1, -0.05) is 12.1 Å². The molecular formula is C16H12FN3O2S2. The minimum atomic E-state index is -0.417. The summed E-state index contributed by atoms with van der Waals surface area (Å²) in [6.07, 6.45) is 0.0435. The minimum Gasteiger partial charge on any atom is -0.326 e. The van der Waals surface area contributed by atoms with Crippen molar-refractivity contribution in [2.75, 3.05) is 10.6 Å². The molecule has 2 N–H and O–H groups in total. The lowest BCUT2D eigenvalue weighted by molar-refractivity contribution is -0.115. The molecule has 0 radical (unpaired) electrons. The lowest BCUT2D eigenvalue weighted by Crippen LogP contribution is -2.15. The van der Waals surface area contributed by atoms with Crippen LogP contribution in [0.2, 0.25) is 0 Å². The number of thiophene rings is 1. The summed E-state index contributed by atoms with van der Waals surface area (Å²) in [4.78, 5) is 28.7. The maximum absolute atomic E-state index is 13.1. The van der Waals surface area contributed by atoms with E-state index in [9.17, 15) is 14.0 Å². The van der Waals surface area contributed by atoms with Crippen molar-refractivity contribution in [3.8, 4) is 0 Å². The Labute approximate surface area is 145 Å². The van der Waals surface area contributed by atoms with Crippen molar-refractivity contribution in [3.05, 3.63) is 63.5 Å². The molecule has 0 unspecified atom stereocenters. The SMILES string of the molecule is O=C(Cc1csc(NC(=O)c2cccs2)n1)Nc1cccc(F)c1. The molecule has 0 aliphatic heterocycles. The molecule has 2 amide bonds. The van der Waals surface area contributed by atoms with Crippen molar-refractivity contribution < 1.29 is 14.0 Å². The number of rotatable bonds is 5. The van der Waals surface area contributed by atoms with Crippen molar-refractivity contribution in [2.45, 2.75) is 6.42 Å². The number of carbonyl (C=O) groups excluding carboxylic acids is 2. The largest absolute Gasteiger partial charge is 0.326 e. The number of carbonyl (C=O) groups is 2. The van der Waals surface area contributed by atoms with E-state index in [2.05, 4.69) is 15.6 Å². The van der Waals surface area contributed by atoms with Gasteiger partial charge in [-0.05, 0) is 29.6 Å². The molecule has 2 aromatic heterocycles. The van der Waals surface area contributed by atoms with Crippen LogP contribution in [-0.4, -0.2) is 16.8 Å². The van der Waals surface area contributed by atoms with E-state index in [-0.39, 0.29) is 18.2 Å². The van der Waals surface area contributed by atoms with Crippen LogP contribution in [0.25, 0.3) is 0 Å². The fourth-order valence-corrected chi connectivity index (χ4v) is 3.27. The molecular weight excluding hydrogens is 349 g/mol. The molecule has 0 atom stereocenters. The molecule has 5 nitrogen and oxygen atoms in total. The predicted molar refractivity (Wildman–Crippen MR) is 93.1 cm³/mol. The van der Waals surface area contributed by atoms with Crippen LogP contribution in [0.4, 0.5) is 15.2 Å². The van der Waals surface area contributed by atoms with Gasteiger partial charge in [-0.2, -0.15) is 0 Å². The first-order valence-electron chi connectivity index (χ1n) is 6.95. The summed E-state index contributed by atoms with van der Waals surface area (Å²) in [5, 5.41) is 9.25. The first kappa shape index (κ1) is 16.3. The molecule has 0 aliphatic carbocycles. The Morgan fingerprint density at radius 2 is 2.00 bits per heavy atom. The van der Waals surface area contributed by atoms with Crippen molar-refractivity contribution in [1.82, 2.24) is 4.98 Å². The van der Waals surface area contributed by atoms with Crippen molar-refractivity contribution in [3.63, 3.8) is 0 Å². The molecule has 3 aromatic rings. The van der Waals surface area contributed by atoms with Crippen LogP contribution in [0.15, 0.2) is 47.2 Å². The quantitative estimate of drug-likeness (QED) is 0.726. The molecule has 0 fully saturated rings. The third-order valence-electron chi connectivity index (χ3n) is 2.97. The second-order valence-electron chi connectivity index (χ2n) is 4.81. The Morgan fingerprint density at radius 1 is 1.12 bits per heavy atom. The molecule has 0 bridgehead atoms. The second-order valence-corrected chi connectivity index (χ2v) is 6.62. The number of aromatic nitrogens is 1. The number of anilines is 2. The molecule has 0 saturated heterocycles. The van der Waals surface area contributed by atoms with Crippen LogP contribution in [0.3, 0.4) is 0 Å². The van der Waals surface area contributed by atoms with Crippen LogP contribution in [0.1, 0.15) is 15.4 Å². The minimum absolute atomic E-state index is 0.0435. The van der Waals surface area contributed by atoms with Gasteiger partial charge in [0.1, 0.15) is 5.82 Å². The van der Waals surface area contributed by atoms with E-state index in [0.717, 1.165) is 0 Å². The van der Waals surface area contributed by atoms with Crippen molar-refractivity contribution >= 4 is 45.3 Å². The van der Waals surface area contributed by atoms with Crippen LogP contribution < -0.4 is 10.6 Å². The Morgan fingerprint density at radius 3 is 2.75 bits per heavy atom. The van der Waals surface area contributed by atoms with Gasteiger partial charge in [0.15, 0.2) is 5.13 Å². The maximum Gasteiger partial charge on any atom is 0.267 e. The van der Waals surface area contributed by atoms with Gasteiger partial charge < -0.3 is 5.32 Å². The van der Waals surface area contributed by atoms with Gasteiger partial charge in [-0.25, -0.2) is 9.37 Å². The average Bonchev–Trinajstić information content (AvgIpc) is 3.19. The average molecular weight is 361 g/mol. The Bertz CT molecular complexity index is 862. The van der Waals surface area contributed by atoms with Gasteiger partial charge in [0, 0.05) is 11.1 Å². The number of hydrogen-bond acceptors (Lipinski definition) is 5. The molecule has 0 saturated carbocycles. The van der Waals surface area contributed by atoms with Crippen LogP contribution in [0, 0.1) is 5.82 Å². The first-order chi connectivity index (χ1) is 11.6. The van der Waals surface area contributed by atoms with E-state index in [0.29, 0.717) is 21.4 Å². The zero-order valence-corrected chi connectivity index (χ0v) is 13.9. The van der Waals surface area contributed by atoms with E-state index in [4.69, 9.17) is 0 Å². The van der Waals surface area contributed by atoms with Gasteiger partial charge in [0.05, 0.1) is 17.0 Å². The van der Waals surface area contributed by atoms with E-state index in [1.165, 1.54) is 40.9 Å². The fraction of sp³-hybridized carbons (Fsp3) is 0.0625. The van der Waals surface area contributed by atoms with E-state index in [1.807, 2.05) is 5.38 Å². The van der Waals surface area contributed by atoms with Gasteiger partial charge in [0.2, 0.25) is 5.91 Å². The third kappa shape index (κ3) is 4.24. The molecule has 3 rings (SSSR count). The summed E-state index contributed by atoms with van der Waals surface area (Å²) in [7, 11) is 0. The molecule has 8 heteroatoms. The second kappa shape index (κ2) is 7.33. The number of nitrogens with zero attached hydrogens (tertiary/aromatic N) is 1. The topological polar surface area (TPSA) is 71.1 Å². The molecule has 1 aromatic carbocycles. The molecule has 24 heavy (non-hydrogen) atoms. The van der Waals surface area contributed by atoms with Crippen LogP contribution in [-0.2, 0) is 11.2 Å². The Hall–Kier alpha value is -2.58. The van der Waals surface area contributed by atoms with Crippen molar-refractivity contribution in [1.29, 1.82) is 0 Å². The maximum atomic E-state index is 13.1. The number of thiazole rings is 1. The van der Waals surface area contributed by atoms with Crippen LogP contribution in [0.5, 0.6) is 0 Å². The van der Waals surface area contributed by atoms with Crippen LogP contribution >= 0.6 is 22.7 Å². The summed E-state index contributed by atoms with van der Waals surface area (Å²) in [5.74, 6) is -0.947. The molecule has 0 spiro atoms. The lowest BCUT2D eigenvalue weighted by Gasteiger charge is -2.03. The normalized spacial score (nSPS) is 10.4. The molecule has 0 aliphatic rings. The number of benzene rings is 1. The zero-order chi connectivity index (χ0) is 16.9. The predicted octanol–water partition coefficient (Wildman–Crippen LogP) is 3.78. The Kier molecular flexibility index (Phi) is 4.97. The third-order valence-corrected chi connectivity index (χ3v) is 4.64. The molecule has 2 heterocycles. The summed E-state index contributed by atoms with van der Waals surface area (Å²) < 4.78 is 13.1. The highest BCUT2D eigenvalue weighted by atomic mass is 32.1. The highest BCUT2D eigenvalue weighted by molar-refractivity contribution is 7.14.